The molecule has 2 rings (SSSR count). The number of benzene rings is 1. The molecule has 0 saturated heterocycles. The summed E-state index contributed by atoms with van der Waals surface area (Å²) in [5.41, 5.74) is 1.70. The lowest BCUT2D eigenvalue weighted by Gasteiger charge is -2.10. The van der Waals surface area contributed by atoms with Crippen LogP contribution in [0.3, 0.4) is 0 Å². The fourth-order valence-electron chi connectivity index (χ4n) is 1.53. The molecule has 0 aliphatic carbocycles. The molecule has 0 aliphatic heterocycles. The predicted octanol–water partition coefficient (Wildman–Crippen LogP) is 2.48. The zero-order valence-electron chi connectivity index (χ0n) is 11.5. The molecule has 1 aromatic carbocycles. The van der Waals surface area contributed by atoms with E-state index in [0.717, 1.165) is 9.90 Å². The van der Waals surface area contributed by atoms with Crippen LogP contribution in [0.2, 0.25) is 0 Å². The molecule has 2 aromatic rings. The molecule has 21 heavy (non-hydrogen) atoms. The minimum atomic E-state index is -0.232. The Kier molecular flexibility index (Phi) is 5.14. The second kappa shape index (κ2) is 7.06. The Balaban J connectivity index is 2.00. The van der Waals surface area contributed by atoms with Gasteiger partial charge in [0, 0.05) is 19.8 Å². The molecule has 1 aromatic heterocycles. The van der Waals surface area contributed by atoms with Crippen molar-refractivity contribution < 1.29 is 4.79 Å². The van der Waals surface area contributed by atoms with E-state index in [1.165, 1.54) is 28.0 Å². The summed E-state index contributed by atoms with van der Waals surface area (Å²) in [7, 11) is 3.21. The van der Waals surface area contributed by atoms with Gasteiger partial charge in [-0.3, -0.25) is 4.90 Å². The van der Waals surface area contributed by atoms with Crippen molar-refractivity contribution in [2.45, 2.75) is 10.1 Å². The summed E-state index contributed by atoms with van der Waals surface area (Å²) >= 11 is 2.88. The van der Waals surface area contributed by atoms with Gasteiger partial charge in [-0.2, -0.15) is 5.26 Å². The van der Waals surface area contributed by atoms with E-state index < -0.39 is 0 Å². The van der Waals surface area contributed by atoms with Crippen LogP contribution in [-0.2, 0) is 5.75 Å². The number of carbonyl (C=O) groups is 1. The number of rotatable bonds is 4. The maximum Gasteiger partial charge on any atom is 0.323 e. The van der Waals surface area contributed by atoms with Crippen molar-refractivity contribution in [2.75, 3.05) is 19.0 Å². The van der Waals surface area contributed by atoms with Crippen LogP contribution in [0.25, 0.3) is 0 Å². The number of hydrogen-bond donors (Lipinski definition) is 1. The van der Waals surface area contributed by atoms with Crippen LogP contribution in [0, 0.1) is 11.3 Å². The number of thioether (sulfide) groups is 1. The van der Waals surface area contributed by atoms with Crippen molar-refractivity contribution in [3.63, 3.8) is 0 Å². The highest BCUT2D eigenvalue weighted by atomic mass is 32.2. The highest BCUT2D eigenvalue weighted by Crippen LogP contribution is 2.29. The molecule has 0 unspecified atom stereocenters. The molecule has 0 saturated carbocycles. The molecule has 0 aliphatic rings. The molecule has 0 radical (unpaired) electrons. The summed E-state index contributed by atoms with van der Waals surface area (Å²) in [5.74, 6) is 0.702. The lowest BCUT2D eigenvalue weighted by Crippen LogP contribution is -2.34. The van der Waals surface area contributed by atoms with Crippen LogP contribution < -0.4 is 10.2 Å². The SMILES string of the molecule is CNC(=O)N(C)c1nnc(SCc2cccc(C#N)c2)s1. The zero-order valence-corrected chi connectivity index (χ0v) is 13.2. The fourth-order valence-corrected chi connectivity index (χ4v) is 3.27. The number of hydrogen-bond acceptors (Lipinski definition) is 6. The third-order valence-corrected chi connectivity index (χ3v) is 4.82. The first-order valence-corrected chi connectivity index (χ1v) is 7.85. The van der Waals surface area contributed by atoms with Crippen molar-refractivity contribution in [3.05, 3.63) is 35.4 Å². The Morgan fingerprint density at radius 2 is 2.33 bits per heavy atom. The molecule has 2 amide bonds. The average molecular weight is 319 g/mol. The van der Waals surface area contributed by atoms with E-state index in [-0.39, 0.29) is 6.03 Å². The maximum atomic E-state index is 11.5. The zero-order chi connectivity index (χ0) is 15.2. The number of urea groups is 1. The van der Waals surface area contributed by atoms with Gasteiger partial charge in [0.05, 0.1) is 11.6 Å². The van der Waals surface area contributed by atoms with Crippen molar-refractivity contribution in [2.24, 2.45) is 0 Å². The van der Waals surface area contributed by atoms with Gasteiger partial charge >= 0.3 is 6.03 Å². The van der Waals surface area contributed by atoms with Gasteiger partial charge in [-0.05, 0) is 17.7 Å². The number of nitriles is 1. The largest absolute Gasteiger partial charge is 0.341 e. The number of nitrogens with one attached hydrogen (secondary N) is 1. The van der Waals surface area contributed by atoms with Crippen molar-refractivity contribution in [1.29, 1.82) is 5.26 Å². The minimum Gasteiger partial charge on any atom is -0.341 e. The fraction of sp³-hybridized carbons (Fsp3) is 0.231. The number of amides is 2. The van der Waals surface area contributed by atoms with Crippen molar-refractivity contribution in [3.8, 4) is 6.07 Å². The van der Waals surface area contributed by atoms with Crippen LogP contribution >= 0.6 is 23.1 Å². The van der Waals surface area contributed by atoms with E-state index in [4.69, 9.17) is 5.26 Å². The number of aromatic nitrogens is 2. The molecular formula is C13H13N5OS2. The van der Waals surface area contributed by atoms with E-state index in [2.05, 4.69) is 21.6 Å². The van der Waals surface area contributed by atoms with Gasteiger partial charge in [-0.15, -0.1) is 10.2 Å². The molecule has 6 nitrogen and oxygen atoms in total. The summed E-state index contributed by atoms with van der Waals surface area (Å²) in [6.45, 7) is 0. The first-order valence-electron chi connectivity index (χ1n) is 6.05. The molecule has 1 N–H and O–H groups in total. The Morgan fingerprint density at radius 3 is 3.05 bits per heavy atom. The average Bonchev–Trinajstić information content (AvgIpc) is 3.00. The van der Waals surface area contributed by atoms with Gasteiger partial charge < -0.3 is 5.32 Å². The van der Waals surface area contributed by atoms with Crippen molar-refractivity contribution >= 4 is 34.3 Å². The molecule has 1 heterocycles. The number of nitrogens with zero attached hydrogens (tertiary/aromatic N) is 4. The van der Waals surface area contributed by atoms with E-state index >= 15 is 0 Å². The molecular weight excluding hydrogens is 306 g/mol. The molecule has 0 bridgehead atoms. The third kappa shape index (κ3) is 3.93. The molecule has 0 spiro atoms. The monoisotopic (exact) mass is 319 g/mol. The summed E-state index contributed by atoms with van der Waals surface area (Å²) in [6.07, 6.45) is 0. The highest BCUT2D eigenvalue weighted by molar-refractivity contribution is 8.00. The smallest absolute Gasteiger partial charge is 0.323 e. The summed E-state index contributed by atoms with van der Waals surface area (Å²) < 4.78 is 0.781. The van der Waals surface area contributed by atoms with Crippen LogP contribution in [0.15, 0.2) is 28.6 Å². The van der Waals surface area contributed by atoms with E-state index in [1.54, 1.807) is 20.2 Å². The lowest BCUT2D eigenvalue weighted by molar-refractivity contribution is 0.249. The maximum absolute atomic E-state index is 11.5. The highest BCUT2D eigenvalue weighted by Gasteiger charge is 2.14. The Morgan fingerprint density at radius 1 is 1.52 bits per heavy atom. The van der Waals surface area contributed by atoms with E-state index in [9.17, 15) is 4.79 Å². The van der Waals surface area contributed by atoms with Gasteiger partial charge in [-0.25, -0.2) is 4.79 Å². The summed E-state index contributed by atoms with van der Waals surface area (Å²) in [4.78, 5) is 12.9. The molecule has 108 valence electrons. The first-order chi connectivity index (χ1) is 10.1. The Hall–Kier alpha value is -2.11. The van der Waals surface area contributed by atoms with E-state index in [1.807, 2.05) is 18.2 Å². The minimum absolute atomic E-state index is 0.232. The van der Waals surface area contributed by atoms with Crippen LogP contribution in [-0.4, -0.2) is 30.3 Å². The quantitative estimate of drug-likeness (QED) is 0.691. The number of anilines is 1. The van der Waals surface area contributed by atoms with Gasteiger partial charge in [0.2, 0.25) is 5.13 Å². The normalized spacial score (nSPS) is 9.95. The van der Waals surface area contributed by atoms with Crippen LogP contribution in [0.4, 0.5) is 9.93 Å². The first kappa shape index (κ1) is 15.3. The summed E-state index contributed by atoms with van der Waals surface area (Å²) in [5, 5.41) is 20.0. The predicted molar refractivity (Wildman–Crippen MR) is 83.5 cm³/mol. The van der Waals surface area contributed by atoms with Crippen LogP contribution in [0.5, 0.6) is 0 Å². The lowest BCUT2D eigenvalue weighted by atomic mass is 10.2. The van der Waals surface area contributed by atoms with Gasteiger partial charge in [0.1, 0.15) is 0 Å². The van der Waals surface area contributed by atoms with Gasteiger partial charge in [-0.1, -0.05) is 35.2 Å². The number of carbonyl (C=O) groups excluding carboxylic acids is 1. The van der Waals surface area contributed by atoms with E-state index in [0.29, 0.717) is 16.4 Å². The molecule has 0 fully saturated rings. The Bertz CT molecular complexity index is 679. The second-order valence-corrected chi connectivity index (χ2v) is 6.24. The van der Waals surface area contributed by atoms with Gasteiger partial charge in [0.15, 0.2) is 4.34 Å². The second-order valence-electron chi connectivity index (χ2n) is 4.07. The third-order valence-electron chi connectivity index (χ3n) is 2.62. The Labute approximate surface area is 130 Å². The molecule has 8 heteroatoms. The van der Waals surface area contributed by atoms with Gasteiger partial charge in [0.25, 0.3) is 0 Å². The van der Waals surface area contributed by atoms with Crippen LogP contribution in [0.1, 0.15) is 11.1 Å². The molecule has 0 atom stereocenters. The topological polar surface area (TPSA) is 81.9 Å². The van der Waals surface area contributed by atoms with Crippen molar-refractivity contribution in [1.82, 2.24) is 15.5 Å². The summed E-state index contributed by atoms with van der Waals surface area (Å²) in [6, 6.07) is 9.34. The standard InChI is InChI=1S/C13H13N5OS2/c1-15-11(19)18(2)12-16-17-13(21-12)20-8-10-5-3-4-9(6-10)7-14/h3-6H,8H2,1-2H3,(H,15,19).